The highest BCUT2D eigenvalue weighted by Gasteiger charge is 2.28. The topological polar surface area (TPSA) is 70.2 Å². The molecule has 22 heavy (non-hydrogen) atoms. The van der Waals surface area contributed by atoms with Gasteiger partial charge in [-0.1, -0.05) is 45.9 Å². The van der Waals surface area contributed by atoms with Gasteiger partial charge >= 0.3 is 0 Å². The van der Waals surface area contributed by atoms with Gasteiger partial charge in [-0.25, -0.2) is 0 Å². The fraction of sp³-hybridized carbons (Fsp3) is 0.529. The van der Waals surface area contributed by atoms with Crippen LogP contribution in [0.15, 0.2) is 30.3 Å². The minimum Gasteiger partial charge on any atom is -0.343 e. The molecule has 0 aliphatic heterocycles. The summed E-state index contributed by atoms with van der Waals surface area (Å²) in [7, 11) is 1.75. The molecule has 0 fully saturated rings. The molecule has 0 saturated carbocycles. The van der Waals surface area contributed by atoms with E-state index in [1.807, 2.05) is 58.0 Å². The molecule has 0 unspecified atom stereocenters. The molecule has 0 aromatic heterocycles. The molecule has 1 aromatic rings. The van der Waals surface area contributed by atoms with Crippen molar-refractivity contribution in [1.29, 1.82) is 0 Å². The van der Waals surface area contributed by atoms with Crippen LogP contribution < -0.4 is 16.0 Å². The van der Waals surface area contributed by atoms with E-state index < -0.39 is 6.04 Å². The Bertz CT molecular complexity index is 486. The zero-order valence-corrected chi connectivity index (χ0v) is 14.0. The Morgan fingerprint density at radius 3 is 1.86 bits per heavy atom. The number of amides is 2. The van der Waals surface area contributed by atoms with Gasteiger partial charge in [0.05, 0.1) is 6.04 Å². The van der Waals surface area contributed by atoms with E-state index in [-0.39, 0.29) is 29.7 Å². The highest BCUT2D eigenvalue weighted by Crippen LogP contribution is 2.10. The van der Waals surface area contributed by atoms with Crippen LogP contribution in [0.5, 0.6) is 0 Å². The van der Waals surface area contributed by atoms with Crippen molar-refractivity contribution >= 4 is 17.5 Å². The van der Waals surface area contributed by atoms with Crippen molar-refractivity contribution in [2.24, 2.45) is 11.8 Å². The van der Waals surface area contributed by atoms with E-state index in [0.717, 1.165) is 5.69 Å². The Labute approximate surface area is 132 Å². The maximum absolute atomic E-state index is 12.4. The van der Waals surface area contributed by atoms with Crippen LogP contribution in [0.1, 0.15) is 27.7 Å². The molecule has 2 amide bonds. The summed E-state index contributed by atoms with van der Waals surface area (Å²) in [5.74, 6) is -0.208. The van der Waals surface area contributed by atoms with E-state index in [9.17, 15) is 9.59 Å². The number of likely N-dealkylation sites (N-methyl/N-ethyl adjacent to an activating group) is 1. The second-order valence-corrected chi connectivity index (χ2v) is 6.10. The lowest BCUT2D eigenvalue weighted by Gasteiger charge is -2.26. The largest absolute Gasteiger partial charge is 0.343 e. The molecule has 0 bridgehead atoms. The predicted octanol–water partition coefficient (Wildman–Crippen LogP) is 2.01. The highest BCUT2D eigenvalue weighted by atomic mass is 16.2. The van der Waals surface area contributed by atoms with Crippen LogP contribution in [0.3, 0.4) is 0 Å². The summed E-state index contributed by atoms with van der Waals surface area (Å²) in [6.45, 7) is 7.77. The van der Waals surface area contributed by atoms with Crippen molar-refractivity contribution < 1.29 is 9.59 Å². The SMILES string of the molecule is CN[C@H](C(=O)N[C@H](C(=O)Nc1ccccc1)C(C)C)C(C)C. The second-order valence-electron chi connectivity index (χ2n) is 6.10. The number of benzene rings is 1. The Kier molecular flexibility index (Phi) is 7.05. The standard InChI is InChI=1S/C17H27N3O2/c1-11(2)14(18-5)16(21)20-15(12(3)4)17(22)19-13-9-7-6-8-10-13/h6-12,14-15,18H,1-5H3,(H,19,22)(H,20,21)/t14-,15-/m0/s1. The molecule has 0 radical (unpaired) electrons. The monoisotopic (exact) mass is 305 g/mol. The maximum atomic E-state index is 12.4. The summed E-state index contributed by atoms with van der Waals surface area (Å²) in [5, 5.41) is 8.69. The van der Waals surface area contributed by atoms with E-state index in [1.165, 1.54) is 0 Å². The van der Waals surface area contributed by atoms with Gasteiger partial charge in [0.15, 0.2) is 0 Å². The second kappa shape index (κ2) is 8.54. The van der Waals surface area contributed by atoms with Crippen LogP contribution in [-0.4, -0.2) is 30.9 Å². The Balaban J connectivity index is 2.77. The van der Waals surface area contributed by atoms with E-state index >= 15 is 0 Å². The number of carbonyl (C=O) groups is 2. The van der Waals surface area contributed by atoms with Gasteiger partial charge in [0.2, 0.25) is 11.8 Å². The molecule has 0 aliphatic rings. The van der Waals surface area contributed by atoms with Gasteiger partial charge in [0, 0.05) is 5.69 Å². The molecule has 122 valence electrons. The van der Waals surface area contributed by atoms with Gasteiger partial charge in [0.25, 0.3) is 0 Å². The smallest absolute Gasteiger partial charge is 0.247 e. The van der Waals surface area contributed by atoms with Crippen molar-refractivity contribution in [1.82, 2.24) is 10.6 Å². The molecule has 5 nitrogen and oxygen atoms in total. The van der Waals surface area contributed by atoms with Gasteiger partial charge < -0.3 is 16.0 Å². The molecule has 0 heterocycles. The van der Waals surface area contributed by atoms with E-state index in [1.54, 1.807) is 7.05 Å². The quantitative estimate of drug-likeness (QED) is 0.722. The van der Waals surface area contributed by atoms with E-state index in [0.29, 0.717) is 0 Å². The zero-order chi connectivity index (χ0) is 16.7. The number of para-hydroxylation sites is 1. The Hall–Kier alpha value is -1.88. The number of rotatable bonds is 7. The first-order valence-electron chi connectivity index (χ1n) is 7.70. The van der Waals surface area contributed by atoms with Crippen molar-refractivity contribution in [3.8, 4) is 0 Å². The number of anilines is 1. The van der Waals surface area contributed by atoms with Crippen molar-refractivity contribution in [2.45, 2.75) is 39.8 Å². The molecule has 5 heteroatoms. The molecule has 1 rings (SSSR count). The minimum absolute atomic E-state index is 0.00247. The van der Waals surface area contributed by atoms with Crippen LogP contribution in [0.4, 0.5) is 5.69 Å². The number of carbonyl (C=O) groups excluding carboxylic acids is 2. The zero-order valence-electron chi connectivity index (χ0n) is 14.0. The first-order chi connectivity index (χ1) is 10.4. The Morgan fingerprint density at radius 2 is 1.41 bits per heavy atom. The number of hydrogen-bond acceptors (Lipinski definition) is 3. The summed E-state index contributed by atoms with van der Waals surface area (Å²) in [6.07, 6.45) is 0. The highest BCUT2D eigenvalue weighted by molar-refractivity contribution is 5.98. The summed E-state index contributed by atoms with van der Waals surface area (Å²) < 4.78 is 0. The van der Waals surface area contributed by atoms with Crippen LogP contribution in [0.2, 0.25) is 0 Å². The van der Waals surface area contributed by atoms with Crippen LogP contribution in [0, 0.1) is 11.8 Å². The average molecular weight is 305 g/mol. The fourth-order valence-corrected chi connectivity index (χ4v) is 2.29. The van der Waals surface area contributed by atoms with Crippen molar-refractivity contribution in [2.75, 3.05) is 12.4 Å². The lowest BCUT2D eigenvalue weighted by Crippen LogP contribution is -2.54. The lowest BCUT2D eigenvalue weighted by molar-refractivity contribution is -0.129. The van der Waals surface area contributed by atoms with E-state index in [4.69, 9.17) is 0 Å². The molecular weight excluding hydrogens is 278 g/mol. The van der Waals surface area contributed by atoms with Crippen LogP contribution in [-0.2, 0) is 9.59 Å². The Morgan fingerprint density at radius 1 is 0.864 bits per heavy atom. The van der Waals surface area contributed by atoms with Gasteiger partial charge in [0.1, 0.15) is 6.04 Å². The van der Waals surface area contributed by atoms with Crippen LogP contribution in [0.25, 0.3) is 0 Å². The third-order valence-corrected chi connectivity index (χ3v) is 3.55. The third kappa shape index (κ3) is 5.15. The minimum atomic E-state index is -0.567. The van der Waals surface area contributed by atoms with E-state index in [2.05, 4.69) is 16.0 Å². The summed E-state index contributed by atoms with van der Waals surface area (Å²) in [5.41, 5.74) is 0.724. The fourth-order valence-electron chi connectivity index (χ4n) is 2.29. The van der Waals surface area contributed by atoms with Gasteiger partial charge in [-0.05, 0) is 31.0 Å². The van der Waals surface area contributed by atoms with Gasteiger partial charge in [-0.15, -0.1) is 0 Å². The summed E-state index contributed by atoms with van der Waals surface area (Å²) >= 11 is 0. The third-order valence-electron chi connectivity index (χ3n) is 3.55. The molecular formula is C17H27N3O2. The molecule has 2 atom stereocenters. The average Bonchev–Trinajstić information content (AvgIpc) is 2.45. The summed E-state index contributed by atoms with van der Waals surface area (Å²) in [4.78, 5) is 24.8. The number of hydrogen-bond donors (Lipinski definition) is 3. The molecule has 1 aromatic carbocycles. The molecule has 0 saturated heterocycles. The van der Waals surface area contributed by atoms with Crippen molar-refractivity contribution in [3.05, 3.63) is 30.3 Å². The first-order valence-corrected chi connectivity index (χ1v) is 7.70. The summed E-state index contributed by atoms with van der Waals surface area (Å²) in [6, 6.07) is 8.36. The van der Waals surface area contributed by atoms with Crippen LogP contribution >= 0.6 is 0 Å². The normalized spacial score (nSPS) is 13.8. The lowest BCUT2D eigenvalue weighted by atomic mass is 10.00. The number of nitrogens with one attached hydrogen (secondary N) is 3. The van der Waals surface area contributed by atoms with Crippen molar-refractivity contribution in [3.63, 3.8) is 0 Å². The molecule has 0 aliphatic carbocycles. The maximum Gasteiger partial charge on any atom is 0.247 e. The predicted molar refractivity (Wildman–Crippen MR) is 89.5 cm³/mol. The molecule has 3 N–H and O–H groups in total. The molecule has 0 spiro atoms. The van der Waals surface area contributed by atoms with Gasteiger partial charge in [-0.3, -0.25) is 9.59 Å². The van der Waals surface area contributed by atoms with Gasteiger partial charge in [-0.2, -0.15) is 0 Å². The first kappa shape index (κ1) is 18.2.